The van der Waals surface area contributed by atoms with Crippen molar-refractivity contribution in [1.82, 2.24) is 19.8 Å². The number of rotatable bonds is 4. The van der Waals surface area contributed by atoms with Crippen LogP contribution in [-0.4, -0.2) is 45.6 Å². The third-order valence-electron chi connectivity index (χ3n) is 4.59. The van der Waals surface area contributed by atoms with E-state index in [2.05, 4.69) is 51.0 Å². The molecule has 0 saturated heterocycles. The van der Waals surface area contributed by atoms with Crippen molar-refractivity contribution in [3.63, 3.8) is 0 Å². The molecule has 5 nitrogen and oxygen atoms in total. The Morgan fingerprint density at radius 2 is 1.96 bits per heavy atom. The van der Waals surface area contributed by atoms with Crippen LogP contribution in [0.5, 0.6) is 0 Å². The van der Waals surface area contributed by atoms with E-state index in [1.807, 2.05) is 31.5 Å². The first-order chi connectivity index (χ1) is 11.7. The highest BCUT2D eigenvalue weighted by Crippen LogP contribution is 2.30. The van der Waals surface area contributed by atoms with Crippen molar-refractivity contribution in [2.45, 2.75) is 25.6 Å². The largest absolute Gasteiger partial charge is 0.362 e. The Morgan fingerprint density at radius 1 is 1.21 bits per heavy atom. The maximum Gasteiger partial charge on any atom is 0.181 e. The van der Waals surface area contributed by atoms with Gasteiger partial charge in [0.05, 0.1) is 11.7 Å². The molecule has 2 unspecified atom stereocenters. The quantitative estimate of drug-likeness (QED) is 0.855. The van der Waals surface area contributed by atoms with Crippen LogP contribution in [0.1, 0.15) is 25.3 Å². The summed E-state index contributed by atoms with van der Waals surface area (Å²) in [7, 11) is 2.01. The fourth-order valence-electron chi connectivity index (χ4n) is 3.30. The van der Waals surface area contributed by atoms with Gasteiger partial charge in [0.15, 0.2) is 12.0 Å². The fraction of sp³-hybridized carbons (Fsp3) is 0.316. The number of aliphatic imine (C=N–C) groups is 1. The van der Waals surface area contributed by atoms with Gasteiger partial charge in [0.25, 0.3) is 0 Å². The standard InChI is InChI=1S/C19H23N5/c1-5-15-8-11-24(14(3)17(15)6-2)16-12-22-19(23(4)13-16)18-20-9-7-10-21-18/h5-7,9-10,12-14,19H,1-2,8,11H2,3-4H3. The highest BCUT2D eigenvalue weighted by molar-refractivity contribution is 5.79. The average molecular weight is 321 g/mol. The summed E-state index contributed by atoms with van der Waals surface area (Å²) in [5, 5.41) is 0. The van der Waals surface area contributed by atoms with Crippen molar-refractivity contribution in [3.8, 4) is 0 Å². The van der Waals surface area contributed by atoms with Crippen molar-refractivity contribution < 1.29 is 0 Å². The topological polar surface area (TPSA) is 44.6 Å². The zero-order valence-electron chi connectivity index (χ0n) is 14.3. The van der Waals surface area contributed by atoms with Gasteiger partial charge in [-0.05, 0) is 30.6 Å². The molecule has 124 valence electrons. The third-order valence-corrected chi connectivity index (χ3v) is 4.59. The second-order valence-corrected chi connectivity index (χ2v) is 5.99. The van der Waals surface area contributed by atoms with Crippen LogP contribution in [0.3, 0.4) is 0 Å². The SMILES string of the molecule is C=CC1=C(C=C)C(C)N(C2=CN(C)C(c3ncccn3)N=C2)CC1. The Kier molecular flexibility index (Phi) is 4.60. The Morgan fingerprint density at radius 3 is 2.58 bits per heavy atom. The molecule has 2 atom stereocenters. The minimum absolute atomic E-state index is 0.173. The summed E-state index contributed by atoms with van der Waals surface area (Å²) in [4.78, 5) is 17.7. The predicted octanol–water partition coefficient (Wildman–Crippen LogP) is 3.10. The number of aromatic nitrogens is 2. The highest BCUT2D eigenvalue weighted by Gasteiger charge is 2.27. The lowest BCUT2D eigenvalue weighted by Crippen LogP contribution is -2.40. The summed E-state index contributed by atoms with van der Waals surface area (Å²) in [6.45, 7) is 11.0. The van der Waals surface area contributed by atoms with Gasteiger partial charge in [-0.25, -0.2) is 9.97 Å². The molecule has 0 aromatic carbocycles. The van der Waals surface area contributed by atoms with Gasteiger partial charge in [-0.3, -0.25) is 4.99 Å². The minimum Gasteiger partial charge on any atom is -0.362 e. The van der Waals surface area contributed by atoms with E-state index in [-0.39, 0.29) is 12.2 Å². The Hall–Kier alpha value is -2.69. The highest BCUT2D eigenvalue weighted by atomic mass is 15.3. The van der Waals surface area contributed by atoms with Crippen LogP contribution in [0.25, 0.3) is 0 Å². The van der Waals surface area contributed by atoms with Crippen molar-refractivity contribution >= 4 is 6.21 Å². The zero-order valence-corrected chi connectivity index (χ0v) is 14.3. The molecule has 24 heavy (non-hydrogen) atoms. The molecule has 0 bridgehead atoms. The second kappa shape index (κ2) is 6.83. The molecular formula is C19H23N5. The van der Waals surface area contributed by atoms with Crippen LogP contribution >= 0.6 is 0 Å². The van der Waals surface area contributed by atoms with E-state index in [4.69, 9.17) is 0 Å². The van der Waals surface area contributed by atoms with Crippen LogP contribution in [-0.2, 0) is 0 Å². The minimum atomic E-state index is -0.173. The van der Waals surface area contributed by atoms with Crippen LogP contribution in [0.2, 0.25) is 0 Å². The summed E-state index contributed by atoms with van der Waals surface area (Å²) < 4.78 is 0. The summed E-state index contributed by atoms with van der Waals surface area (Å²) in [6, 6.07) is 2.06. The van der Waals surface area contributed by atoms with Gasteiger partial charge in [-0.15, -0.1) is 0 Å². The van der Waals surface area contributed by atoms with Gasteiger partial charge in [0.2, 0.25) is 0 Å². The molecule has 5 heteroatoms. The predicted molar refractivity (Wildman–Crippen MR) is 97.3 cm³/mol. The maximum atomic E-state index is 4.67. The van der Waals surface area contributed by atoms with Gasteiger partial charge < -0.3 is 9.80 Å². The molecule has 1 aromatic heterocycles. The van der Waals surface area contributed by atoms with Crippen molar-refractivity contribution in [3.05, 3.63) is 72.6 Å². The van der Waals surface area contributed by atoms with Crippen LogP contribution in [0.4, 0.5) is 0 Å². The van der Waals surface area contributed by atoms with Crippen LogP contribution < -0.4 is 0 Å². The van der Waals surface area contributed by atoms with E-state index in [1.165, 1.54) is 11.1 Å². The Balaban J connectivity index is 1.83. The number of allylic oxidation sites excluding steroid dienone is 2. The summed E-state index contributed by atoms with van der Waals surface area (Å²) in [6.07, 6.45) is 12.2. The second-order valence-electron chi connectivity index (χ2n) is 5.99. The summed E-state index contributed by atoms with van der Waals surface area (Å²) >= 11 is 0. The smallest absolute Gasteiger partial charge is 0.181 e. The fourth-order valence-corrected chi connectivity index (χ4v) is 3.30. The molecule has 2 aliphatic heterocycles. The molecule has 0 radical (unpaired) electrons. The molecule has 0 aliphatic carbocycles. The Labute approximate surface area is 143 Å². The normalized spacial score (nSPS) is 24.0. The number of hydrogen-bond donors (Lipinski definition) is 0. The molecule has 0 saturated carbocycles. The average Bonchev–Trinajstić information content (AvgIpc) is 2.62. The van der Waals surface area contributed by atoms with E-state index in [0.717, 1.165) is 18.7 Å². The van der Waals surface area contributed by atoms with Gasteiger partial charge in [0.1, 0.15) is 0 Å². The molecule has 3 rings (SSSR count). The van der Waals surface area contributed by atoms with E-state index in [9.17, 15) is 0 Å². The van der Waals surface area contributed by atoms with Gasteiger partial charge in [-0.1, -0.05) is 25.3 Å². The lowest BCUT2D eigenvalue weighted by atomic mass is 9.93. The number of nitrogens with zero attached hydrogens (tertiary/aromatic N) is 5. The van der Waals surface area contributed by atoms with Crippen molar-refractivity contribution in [2.75, 3.05) is 13.6 Å². The molecule has 0 spiro atoms. The number of hydrogen-bond acceptors (Lipinski definition) is 5. The van der Waals surface area contributed by atoms with E-state index in [1.54, 1.807) is 12.4 Å². The first kappa shape index (κ1) is 16.2. The maximum absolute atomic E-state index is 4.67. The first-order valence-electron chi connectivity index (χ1n) is 8.14. The molecule has 2 aliphatic rings. The lowest BCUT2D eigenvalue weighted by molar-refractivity contribution is 0.271. The molecule has 1 aromatic rings. The van der Waals surface area contributed by atoms with Gasteiger partial charge in [-0.2, -0.15) is 0 Å². The van der Waals surface area contributed by atoms with Gasteiger partial charge >= 0.3 is 0 Å². The molecule has 3 heterocycles. The van der Waals surface area contributed by atoms with E-state index < -0.39 is 0 Å². The Bertz CT molecular complexity index is 717. The van der Waals surface area contributed by atoms with Crippen LogP contribution in [0, 0.1) is 0 Å². The molecule has 0 N–H and O–H groups in total. The van der Waals surface area contributed by atoms with E-state index >= 15 is 0 Å². The van der Waals surface area contributed by atoms with E-state index in [0.29, 0.717) is 5.82 Å². The third kappa shape index (κ3) is 2.89. The van der Waals surface area contributed by atoms with Gasteiger partial charge in [0, 0.05) is 38.4 Å². The summed E-state index contributed by atoms with van der Waals surface area (Å²) in [5.41, 5.74) is 3.62. The van der Waals surface area contributed by atoms with Crippen LogP contribution in [0.15, 0.2) is 71.8 Å². The molecule has 0 amide bonds. The first-order valence-corrected chi connectivity index (χ1v) is 8.14. The molecular weight excluding hydrogens is 298 g/mol. The van der Waals surface area contributed by atoms with Crippen molar-refractivity contribution in [1.29, 1.82) is 0 Å². The monoisotopic (exact) mass is 321 g/mol. The molecule has 0 fully saturated rings. The van der Waals surface area contributed by atoms with Crippen molar-refractivity contribution in [2.24, 2.45) is 4.99 Å². The zero-order chi connectivity index (χ0) is 17.1. The lowest BCUT2D eigenvalue weighted by Gasteiger charge is -2.39. The summed E-state index contributed by atoms with van der Waals surface area (Å²) in [5.74, 6) is 0.707.